The number of esters is 1. The van der Waals surface area contributed by atoms with E-state index < -0.39 is 24.0 Å². The quantitative estimate of drug-likeness (QED) is 0.629. The molecule has 0 bridgehead atoms. The summed E-state index contributed by atoms with van der Waals surface area (Å²) >= 11 is 0. The Morgan fingerprint density at radius 2 is 2.24 bits per heavy atom. The number of benzene rings is 1. The standard InChI is InChI=1S/C20H17F2N5O2/c1-2-29-20(28)16-10-24-27-4-3-18(25-19(16)27)26-11-15(22)8-17(26)13-5-12(9-23)6-14(21)7-13/h3-7,10,15,17H,2,8,11H2,1H3. The average molecular weight is 397 g/mol. The lowest BCUT2D eigenvalue weighted by Gasteiger charge is -2.26. The molecule has 29 heavy (non-hydrogen) atoms. The minimum Gasteiger partial charge on any atom is -0.462 e. The maximum Gasteiger partial charge on any atom is 0.343 e. The SMILES string of the molecule is CCOC(=O)c1cnn2ccc(N3CC(F)CC3c3cc(F)cc(C#N)c3)nc12. The van der Waals surface area contributed by atoms with Crippen molar-refractivity contribution in [3.8, 4) is 6.07 Å². The maximum atomic E-state index is 14.3. The summed E-state index contributed by atoms with van der Waals surface area (Å²) in [5.41, 5.74) is 1.17. The van der Waals surface area contributed by atoms with Gasteiger partial charge < -0.3 is 9.64 Å². The van der Waals surface area contributed by atoms with Gasteiger partial charge in [-0.25, -0.2) is 23.1 Å². The molecule has 7 nitrogen and oxygen atoms in total. The van der Waals surface area contributed by atoms with E-state index in [-0.39, 0.29) is 30.7 Å². The zero-order valence-electron chi connectivity index (χ0n) is 15.5. The van der Waals surface area contributed by atoms with Gasteiger partial charge in [0.05, 0.1) is 37.0 Å². The van der Waals surface area contributed by atoms with Crippen LogP contribution >= 0.6 is 0 Å². The zero-order valence-corrected chi connectivity index (χ0v) is 15.5. The number of fused-ring (bicyclic) bond motifs is 1. The Morgan fingerprint density at radius 3 is 3.00 bits per heavy atom. The van der Waals surface area contributed by atoms with Crippen LogP contribution in [0.3, 0.4) is 0 Å². The van der Waals surface area contributed by atoms with Crippen molar-refractivity contribution in [2.75, 3.05) is 18.1 Å². The summed E-state index contributed by atoms with van der Waals surface area (Å²) in [6, 6.07) is 7.08. The van der Waals surface area contributed by atoms with Crippen LogP contribution in [0.4, 0.5) is 14.6 Å². The number of alkyl halides is 1. The third-order valence-electron chi connectivity index (χ3n) is 4.83. The molecule has 0 N–H and O–H groups in total. The Labute approximate surface area is 165 Å². The number of carbonyl (C=O) groups is 1. The predicted molar refractivity (Wildman–Crippen MR) is 99.7 cm³/mol. The molecule has 148 valence electrons. The van der Waals surface area contributed by atoms with Crippen LogP contribution in [0.1, 0.15) is 40.9 Å². The van der Waals surface area contributed by atoms with Crippen LogP contribution in [-0.2, 0) is 4.74 Å². The molecule has 2 unspecified atom stereocenters. The number of hydrogen-bond donors (Lipinski definition) is 0. The lowest BCUT2D eigenvalue weighted by molar-refractivity contribution is 0.0528. The molecule has 1 aliphatic rings. The molecule has 3 aromatic rings. The fraction of sp³-hybridized carbons (Fsp3) is 0.300. The van der Waals surface area contributed by atoms with Crippen LogP contribution in [-0.4, -0.2) is 39.9 Å². The Hall–Kier alpha value is -3.54. The van der Waals surface area contributed by atoms with E-state index in [4.69, 9.17) is 10.00 Å². The number of hydrogen-bond acceptors (Lipinski definition) is 6. The Bertz CT molecular complexity index is 1120. The highest BCUT2D eigenvalue weighted by atomic mass is 19.1. The molecule has 1 aliphatic heterocycles. The summed E-state index contributed by atoms with van der Waals surface area (Å²) in [7, 11) is 0. The van der Waals surface area contributed by atoms with Crippen LogP contribution in [0.15, 0.2) is 36.7 Å². The summed E-state index contributed by atoms with van der Waals surface area (Å²) in [4.78, 5) is 18.3. The number of aromatic nitrogens is 3. The fourth-order valence-corrected chi connectivity index (χ4v) is 3.60. The van der Waals surface area contributed by atoms with Gasteiger partial charge in [0.25, 0.3) is 0 Å². The molecule has 9 heteroatoms. The third-order valence-corrected chi connectivity index (χ3v) is 4.83. The second-order valence-corrected chi connectivity index (χ2v) is 6.72. The van der Waals surface area contributed by atoms with Crippen molar-refractivity contribution in [2.24, 2.45) is 0 Å². The van der Waals surface area contributed by atoms with Gasteiger partial charge in [0, 0.05) is 12.6 Å². The summed E-state index contributed by atoms with van der Waals surface area (Å²) in [5.74, 6) is -0.668. The highest BCUT2D eigenvalue weighted by Crippen LogP contribution is 2.37. The van der Waals surface area contributed by atoms with Gasteiger partial charge >= 0.3 is 5.97 Å². The molecule has 0 saturated carbocycles. The number of anilines is 1. The Balaban J connectivity index is 1.75. The van der Waals surface area contributed by atoms with Crippen molar-refractivity contribution in [3.05, 3.63) is 59.2 Å². The molecule has 0 amide bonds. The first-order valence-corrected chi connectivity index (χ1v) is 9.13. The zero-order chi connectivity index (χ0) is 20.5. The van der Waals surface area contributed by atoms with Crippen LogP contribution in [0.2, 0.25) is 0 Å². The molecule has 2 aromatic heterocycles. The van der Waals surface area contributed by atoms with E-state index in [1.165, 1.54) is 16.8 Å². The topological polar surface area (TPSA) is 83.5 Å². The molecule has 3 heterocycles. The molecular weight excluding hydrogens is 380 g/mol. The van der Waals surface area contributed by atoms with Crippen LogP contribution in [0.5, 0.6) is 0 Å². The van der Waals surface area contributed by atoms with E-state index in [0.717, 1.165) is 6.07 Å². The van der Waals surface area contributed by atoms with Crippen molar-refractivity contribution in [3.63, 3.8) is 0 Å². The highest BCUT2D eigenvalue weighted by molar-refractivity contribution is 5.95. The maximum absolute atomic E-state index is 14.3. The van der Waals surface area contributed by atoms with Gasteiger partial charge in [-0.2, -0.15) is 10.4 Å². The fourth-order valence-electron chi connectivity index (χ4n) is 3.60. The van der Waals surface area contributed by atoms with Crippen LogP contribution < -0.4 is 4.90 Å². The van der Waals surface area contributed by atoms with Crippen molar-refractivity contribution >= 4 is 17.4 Å². The molecule has 0 radical (unpaired) electrons. The molecule has 2 atom stereocenters. The summed E-state index contributed by atoms with van der Waals surface area (Å²) < 4.78 is 34.7. The number of halogens is 2. The van der Waals surface area contributed by atoms with Crippen molar-refractivity contribution in [1.82, 2.24) is 14.6 Å². The first-order chi connectivity index (χ1) is 14.0. The van der Waals surface area contributed by atoms with Gasteiger partial charge in [-0.15, -0.1) is 0 Å². The van der Waals surface area contributed by atoms with Crippen molar-refractivity contribution < 1.29 is 18.3 Å². The first kappa shape index (κ1) is 18.8. The minimum absolute atomic E-state index is 0.0646. The summed E-state index contributed by atoms with van der Waals surface area (Å²) in [6.07, 6.45) is 2.00. The molecule has 1 saturated heterocycles. The molecule has 0 aliphatic carbocycles. The Kier molecular flexibility index (Phi) is 4.84. The van der Waals surface area contributed by atoms with E-state index >= 15 is 0 Å². The van der Waals surface area contributed by atoms with E-state index in [0.29, 0.717) is 17.0 Å². The molecule has 1 aromatic carbocycles. The van der Waals surface area contributed by atoms with Crippen molar-refractivity contribution in [1.29, 1.82) is 5.26 Å². The number of ether oxygens (including phenoxy) is 1. The van der Waals surface area contributed by atoms with Gasteiger partial charge in [-0.1, -0.05) is 0 Å². The predicted octanol–water partition coefficient (Wildman–Crippen LogP) is 3.21. The second kappa shape index (κ2) is 7.47. The molecule has 1 fully saturated rings. The summed E-state index contributed by atoms with van der Waals surface area (Å²) in [6.45, 7) is 1.98. The number of carbonyl (C=O) groups excluding carboxylic acids is 1. The van der Waals surface area contributed by atoms with Gasteiger partial charge in [0.2, 0.25) is 0 Å². The van der Waals surface area contributed by atoms with E-state index in [9.17, 15) is 13.6 Å². The van der Waals surface area contributed by atoms with E-state index in [2.05, 4.69) is 10.1 Å². The molecular formula is C20H17F2N5O2. The van der Waals surface area contributed by atoms with E-state index in [1.807, 2.05) is 6.07 Å². The van der Waals surface area contributed by atoms with Crippen LogP contribution in [0, 0.1) is 17.1 Å². The molecule has 0 spiro atoms. The smallest absolute Gasteiger partial charge is 0.343 e. The van der Waals surface area contributed by atoms with Crippen molar-refractivity contribution in [2.45, 2.75) is 25.6 Å². The number of nitrogens with zero attached hydrogens (tertiary/aromatic N) is 5. The normalized spacial score (nSPS) is 18.8. The van der Waals surface area contributed by atoms with Gasteiger partial charge in [-0.3, -0.25) is 0 Å². The third kappa shape index (κ3) is 3.49. The largest absolute Gasteiger partial charge is 0.462 e. The van der Waals surface area contributed by atoms with Gasteiger partial charge in [0.15, 0.2) is 5.65 Å². The van der Waals surface area contributed by atoms with Gasteiger partial charge in [-0.05, 0) is 36.8 Å². The van der Waals surface area contributed by atoms with Crippen LogP contribution in [0.25, 0.3) is 5.65 Å². The minimum atomic E-state index is -1.14. The lowest BCUT2D eigenvalue weighted by Crippen LogP contribution is -2.25. The van der Waals surface area contributed by atoms with E-state index in [1.54, 1.807) is 30.2 Å². The lowest BCUT2D eigenvalue weighted by atomic mass is 10.0. The Morgan fingerprint density at radius 1 is 1.41 bits per heavy atom. The first-order valence-electron chi connectivity index (χ1n) is 9.13. The summed E-state index contributed by atoms with van der Waals surface area (Å²) in [5, 5.41) is 13.2. The highest BCUT2D eigenvalue weighted by Gasteiger charge is 2.35. The second-order valence-electron chi connectivity index (χ2n) is 6.72. The molecule has 4 rings (SSSR count). The average Bonchev–Trinajstić information content (AvgIpc) is 3.30. The monoisotopic (exact) mass is 397 g/mol. The number of nitriles is 1. The number of rotatable bonds is 4. The van der Waals surface area contributed by atoms with Gasteiger partial charge in [0.1, 0.15) is 23.4 Å².